The van der Waals surface area contributed by atoms with Crippen molar-refractivity contribution in [3.63, 3.8) is 0 Å². The van der Waals surface area contributed by atoms with E-state index in [2.05, 4.69) is 43.0 Å². The number of hydrogen-bond acceptors (Lipinski definition) is 3. The Balaban J connectivity index is 2.07. The SMILES string of the molecule is CCC(=O)N(C1CCOC(C)(C)C1)C(c1ccccc1)c1ccc(OC)cc1. The van der Waals surface area contributed by atoms with Crippen LogP contribution in [-0.4, -0.2) is 36.2 Å². The molecule has 2 aromatic rings. The molecule has 0 saturated carbocycles. The van der Waals surface area contributed by atoms with Gasteiger partial charge in [0.25, 0.3) is 0 Å². The van der Waals surface area contributed by atoms with Gasteiger partial charge in [0, 0.05) is 19.1 Å². The van der Waals surface area contributed by atoms with Gasteiger partial charge in [0.05, 0.1) is 18.8 Å². The third-order valence-electron chi connectivity index (χ3n) is 5.48. The molecule has 1 heterocycles. The summed E-state index contributed by atoms with van der Waals surface area (Å²) >= 11 is 0. The smallest absolute Gasteiger partial charge is 0.223 e. The molecule has 1 aliphatic rings. The van der Waals surface area contributed by atoms with Gasteiger partial charge >= 0.3 is 0 Å². The minimum absolute atomic E-state index is 0.126. The Morgan fingerprint density at radius 2 is 1.79 bits per heavy atom. The van der Waals surface area contributed by atoms with E-state index in [-0.39, 0.29) is 23.6 Å². The maximum absolute atomic E-state index is 13.2. The van der Waals surface area contributed by atoms with Gasteiger partial charge in [-0.15, -0.1) is 0 Å². The highest BCUT2D eigenvalue weighted by atomic mass is 16.5. The van der Waals surface area contributed by atoms with Crippen LogP contribution in [0, 0.1) is 0 Å². The molecule has 0 spiro atoms. The van der Waals surface area contributed by atoms with Crippen LogP contribution in [0.2, 0.25) is 0 Å². The quantitative estimate of drug-likeness (QED) is 0.708. The second-order valence-electron chi connectivity index (χ2n) is 8.00. The van der Waals surface area contributed by atoms with Crippen molar-refractivity contribution in [3.8, 4) is 5.75 Å². The lowest BCUT2D eigenvalue weighted by molar-refractivity contribution is -0.142. The van der Waals surface area contributed by atoms with Crippen LogP contribution in [0.15, 0.2) is 54.6 Å². The van der Waals surface area contributed by atoms with Crippen molar-refractivity contribution in [1.82, 2.24) is 4.90 Å². The molecule has 4 nitrogen and oxygen atoms in total. The molecule has 0 radical (unpaired) electrons. The molecule has 1 amide bonds. The van der Waals surface area contributed by atoms with E-state index in [1.165, 1.54) is 0 Å². The first kappa shape index (κ1) is 20.4. The summed E-state index contributed by atoms with van der Waals surface area (Å²) in [5, 5.41) is 0. The minimum Gasteiger partial charge on any atom is -0.497 e. The molecule has 150 valence electrons. The molecular weight excluding hydrogens is 350 g/mol. The van der Waals surface area contributed by atoms with Gasteiger partial charge in [0.1, 0.15) is 5.75 Å². The first-order chi connectivity index (χ1) is 13.4. The molecule has 3 rings (SSSR count). The van der Waals surface area contributed by atoms with Crippen LogP contribution in [0.4, 0.5) is 0 Å². The number of benzene rings is 2. The molecule has 0 aliphatic carbocycles. The number of ether oxygens (including phenoxy) is 2. The summed E-state index contributed by atoms with van der Waals surface area (Å²) in [6, 6.07) is 18.4. The average molecular weight is 382 g/mol. The van der Waals surface area contributed by atoms with Gasteiger partial charge in [-0.25, -0.2) is 0 Å². The molecule has 4 heteroatoms. The molecule has 2 aromatic carbocycles. The van der Waals surface area contributed by atoms with Crippen molar-refractivity contribution in [2.75, 3.05) is 13.7 Å². The van der Waals surface area contributed by atoms with Crippen molar-refractivity contribution in [2.24, 2.45) is 0 Å². The second-order valence-corrected chi connectivity index (χ2v) is 8.00. The first-order valence-electron chi connectivity index (χ1n) is 10.1. The van der Waals surface area contributed by atoms with Gasteiger partial charge in [-0.2, -0.15) is 0 Å². The van der Waals surface area contributed by atoms with Crippen LogP contribution in [0.25, 0.3) is 0 Å². The van der Waals surface area contributed by atoms with Crippen molar-refractivity contribution < 1.29 is 14.3 Å². The summed E-state index contributed by atoms with van der Waals surface area (Å²) in [6.45, 7) is 6.84. The Hall–Kier alpha value is -2.33. The van der Waals surface area contributed by atoms with E-state index in [4.69, 9.17) is 9.47 Å². The van der Waals surface area contributed by atoms with E-state index in [9.17, 15) is 4.79 Å². The van der Waals surface area contributed by atoms with E-state index in [1.54, 1.807) is 7.11 Å². The highest BCUT2D eigenvalue weighted by Crippen LogP contribution is 2.37. The summed E-state index contributed by atoms with van der Waals surface area (Å²) in [6.07, 6.45) is 2.17. The number of carbonyl (C=O) groups excluding carboxylic acids is 1. The molecule has 1 saturated heterocycles. The zero-order chi connectivity index (χ0) is 20.1. The van der Waals surface area contributed by atoms with Gasteiger partial charge in [-0.1, -0.05) is 49.4 Å². The normalized spacial score (nSPS) is 19.6. The lowest BCUT2D eigenvalue weighted by atomic mass is 9.88. The molecular formula is C24H31NO3. The largest absolute Gasteiger partial charge is 0.497 e. The topological polar surface area (TPSA) is 38.8 Å². The molecule has 0 N–H and O–H groups in total. The van der Waals surface area contributed by atoms with Gasteiger partial charge in [-0.3, -0.25) is 4.79 Å². The van der Waals surface area contributed by atoms with Crippen LogP contribution in [0.5, 0.6) is 5.75 Å². The van der Waals surface area contributed by atoms with Crippen molar-refractivity contribution in [1.29, 1.82) is 0 Å². The van der Waals surface area contributed by atoms with E-state index >= 15 is 0 Å². The van der Waals surface area contributed by atoms with E-state index in [1.807, 2.05) is 37.3 Å². The third-order valence-corrected chi connectivity index (χ3v) is 5.48. The Morgan fingerprint density at radius 3 is 2.36 bits per heavy atom. The Kier molecular flexibility index (Phi) is 6.40. The van der Waals surface area contributed by atoms with E-state index in [0.29, 0.717) is 13.0 Å². The lowest BCUT2D eigenvalue weighted by Gasteiger charge is -2.45. The fourth-order valence-corrected chi connectivity index (χ4v) is 4.11. The summed E-state index contributed by atoms with van der Waals surface area (Å²) in [7, 11) is 1.67. The van der Waals surface area contributed by atoms with Gasteiger partial charge in [0.2, 0.25) is 5.91 Å². The summed E-state index contributed by atoms with van der Waals surface area (Å²) < 4.78 is 11.3. The first-order valence-corrected chi connectivity index (χ1v) is 10.1. The van der Waals surface area contributed by atoms with Gasteiger partial charge in [0.15, 0.2) is 0 Å². The highest BCUT2D eigenvalue weighted by Gasteiger charge is 2.38. The number of methoxy groups -OCH3 is 1. The molecule has 0 bridgehead atoms. The molecule has 1 aliphatic heterocycles. The predicted molar refractivity (Wildman–Crippen MR) is 111 cm³/mol. The highest BCUT2D eigenvalue weighted by molar-refractivity contribution is 5.77. The summed E-state index contributed by atoms with van der Waals surface area (Å²) in [5.41, 5.74) is 1.99. The van der Waals surface area contributed by atoms with E-state index in [0.717, 1.165) is 29.7 Å². The van der Waals surface area contributed by atoms with Crippen LogP contribution in [0.3, 0.4) is 0 Å². The van der Waals surface area contributed by atoms with Crippen molar-refractivity contribution in [3.05, 3.63) is 65.7 Å². The number of amides is 1. The van der Waals surface area contributed by atoms with Crippen LogP contribution in [-0.2, 0) is 9.53 Å². The van der Waals surface area contributed by atoms with Gasteiger partial charge < -0.3 is 14.4 Å². The maximum atomic E-state index is 13.2. The molecule has 28 heavy (non-hydrogen) atoms. The molecule has 2 atom stereocenters. The zero-order valence-electron chi connectivity index (χ0n) is 17.4. The Labute approximate surface area is 168 Å². The van der Waals surface area contributed by atoms with E-state index < -0.39 is 0 Å². The summed E-state index contributed by atoms with van der Waals surface area (Å²) in [4.78, 5) is 15.3. The Bertz CT molecular complexity index is 770. The van der Waals surface area contributed by atoms with Crippen molar-refractivity contribution >= 4 is 5.91 Å². The van der Waals surface area contributed by atoms with Gasteiger partial charge in [-0.05, 0) is 49.9 Å². The monoisotopic (exact) mass is 381 g/mol. The number of nitrogens with zero attached hydrogens (tertiary/aromatic N) is 1. The fourth-order valence-electron chi connectivity index (χ4n) is 4.11. The third kappa shape index (κ3) is 4.56. The standard InChI is InChI=1S/C24H31NO3/c1-5-22(26)25(20-15-16-28-24(2,3)17-20)23(18-9-7-6-8-10-18)19-11-13-21(27-4)14-12-19/h6-14,20,23H,5,15-17H2,1-4H3. The average Bonchev–Trinajstić information content (AvgIpc) is 2.71. The van der Waals surface area contributed by atoms with Crippen molar-refractivity contribution in [2.45, 2.75) is 57.7 Å². The van der Waals surface area contributed by atoms with Crippen LogP contribution >= 0.6 is 0 Å². The molecule has 2 unspecified atom stereocenters. The molecule has 1 fully saturated rings. The second kappa shape index (κ2) is 8.78. The fraction of sp³-hybridized carbons (Fsp3) is 0.458. The van der Waals surface area contributed by atoms with Crippen LogP contribution in [0.1, 0.15) is 57.2 Å². The molecule has 0 aromatic heterocycles. The number of carbonyl (C=O) groups is 1. The zero-order valence-corrected chi connectivity index (χ0v) is 17.4. The predicted octanol–water partition coefficient (Wildman–Crippen LogP) is 4.98. The maximum Gasteiger partial charge on any atom is 0.223 e. The Morgan fingerprint density at radius 1 is 1.14 bits per heavy atom. The minimum atomic E-state index is -0.226. The lowest BCUT2D eigenvalue weighted by Crippen LogP contribution is -2.50. The summed E-state index contributed by atoms with van der Waals surface area (Å²) in [5.74, 6) is 0.989. The van der Waals surface area contributed by atoms with Crippen LogP contribution < -0.4 is 4.74 Å². The number of rotatable bonds is 6. The number of hydrogen-bond donors (Lipinski definition) is 0.